The van der Waals surface area contributed by atoms with Gasteiger partial charge >= 0.3 is 66.1 Å². The number of aryl methyl sites for hydroxylation is 1. The molecule has 28 heteroatoms. The fraction of sp³-hybridized carbons (Fsp3) is 0.688. The van der Waals surface area contributed by atoms with Gasteiger partial charge in [0, 0.05) is 18.0 Å². The van der Waals surface area contributed by atoms with Gasteiger partial charge in [0.15, 0.2) is 12.4 Å². The van der Waals surface area contributed by atoms with E-state index in [-0.39, 0.29) is 11.4 Å². The van der Waals surface area contributed by atoms with Gasteiger partial charge in [0.05, 0.1) is 0 Å². The summed E-state index contributed by atoms with van der Waals surface area (Å²) < 4.78 is 317. The van der Waals surface area contributed by atoms with Crippen LogP contribution >= 0.6 is 0 Å². The summed E-state index contributed by atoms with van der Waals surface area (Å²) in [6, 6.07) is 3.41. The van der Waals surface area contributed by atoms with Crippen LogP contribution in [0.2, 0.25) is 0 Å². The van der Waals surface area contributed by atoms with Crippen LogP contribution in [0.5, 0.6) is 5.75 Å². The van der Waals surface area contributed by atoms with E-state index in [1.54, 1.807) is 0 Å². The first kappa shape index (κ1) is 52.5. The van der Waals surface area contributed by atoms with Crippen molar-refractivity contribution in [2.24, 2.45) is 0 Å². The summed E-state index contributed by atoms with van der Waals surface area (Å²) in [6.07, 6.45) is -29.2. The minimum Gasteiger partial charge on any atom is -0.487 e. The lowest BCUT2D eigenvalue weighted by molar-refractivity contribution is -0.543. The highest BCUT2D eigenvalue weighted by Gasteiger charge is 2.90. The Balaban J connectivity index is 2.17. The normalized spacial score (nSPS) is 14.8. The van der Waals surface area contributed by atoms with Gasteiger partial charge in [0.1, 0.15) is 5.75 Å². The molecule has 0 radical (unpaired) electrons. The highest BCUT2D eigenvalue weighted by atomic mass is 19.4. The molecule has 2 aromatic rings. The van der Waals surface area contributed by atoms with Gasteiger partial charge in [-0.05, 0) is 42.7 Å². The molecule has 0 aliphatic rings. The molecule has 1 aromatic heterocycles. The maximum atomic E-state index is 14.3. The van der Waals surface area contributed by atoms with Crippen molar-refractivity contribution in [3.05, 3.63) is 42.2 Å². The summed E-state index contributed by atoms with van der Waals surface area (Å²) in [5.41, 5.74) is 0.853. The average Bonchev–Trinajstić information content (AvgIpc) is 3.10. The van der Waals surface area contributed by atoms with Gasteiger partial charge in [-0.3, -0.25) is 0 Å². The van der Waals surface area contributed by atoms with E-state index in [0.717, 1.165) is 73.8 Å². The third kappa shape index (κ3) is 10.7. The third-order valence-electron chi connectivity index (χ3n) is 8.14. The zero-order chi connectivity index (χ0) is 46.7. The van der Waals surface area contributed by atoms with E-state index in [1.807, 2.05) is 0 Å². The van der Waals surface area contributed by atoms with Crippen LogP contribution in [0.15, 0.2) is 36.7 Å². The van der Waals surface area contributed by atoms with Crippen LogP contribution < -0.4 is 4.74 Å². The molecule has 1 heterocycles. The van der Waals surface area contributed by atoms with Crippen LogP contribution in [0.4, 0.5) is 101 Å². The van der Waals surface area contributed by atoms with Gasteiger partial charge < -0.3 is 4.74 Å². The highest BCUT2D eigenvalue weighted by Crippen LogP contribution is 2.60. The fourth-order valence-electron chi connectivity index (χ4n) is 4.58. The first-order valence-corrected chi connectivity index (χ1v) is 16.7. The first-order valence-electron chi connectivity index (χ1n) is 16.7. The van der Waals surface area contributed by atoms with Gasteiger partial charge in [-0.2, -0.15) is 101 Å². The number of nitrogens with zero attached hydrogens (tertiary/aromatic N) is 2. The number of aromatic nitrogens is 2. The molecule has 0 atom stereocenters. The standard InChI is InChI=1S/C32H29F23N2O3/c1-2-3-4-5-6-7-8-9-10-18-15-56-21(57-16-18)19-11-13-20(14-12-19)58-17-22(33,34)23(35,36)29(48,49)59-31(52,53)26(41,42)27(43,44)32(54,55)60-30(50,51)25(39,40)24(37,38)28(45,46)47/h11-16H,2-10,17H2,1H3. The quantitative estimate of drug-likeness (QED) is 0.0775. The topological polar surface area (TPSA) is 53.5 Å². The lowest BCUT2D eigenvalue weighted by atomic mass is 10.1. The number of ether oxygens (including phenoxy) is 3. The van der Waals surface area contributed by atoms with E-state index in [0.29, 0.717) is 18.6 Å². The van der Waals surface area contributed by atoms with Crippen LogP contribution in [-0.2, 0) is 15.9 Å². The Morgan fingerprint density at radius 3 is 1.22 bits per heavy atom. The Hall–Kier alpha value is -3.59. The predicted octanol–water partition coefficient (Wildman–Crippen LogP) is 13.0. The van der Waals surface area contributed by atoms with Crippen molar-refractivity contribution in [1.82, 2.24) is 9.97 Å². The number of hydrogen-bond donors (Lipinski definition) is 0. The van der Waals surface area contributed by atoms with Gasteiger partial charge in [-0.1, -0.05) is 51.9 Å². The van der Waals surface area contributed by atoms with E-state index in [1.165, 1.54) is 17.1 Å². The molecular formula is C32H29F23N2O3. The zero-order valence-corrected chi connectivity index (χ0v) is 29.8. The summed E-state index contributed by atoms with van der Waals surface area (Å²) in [5.74, 6) is -49.4. The van der Waals surface area contributed by atoms with Gasteiger partial charge in [-0.25, -0.2) is 19.4 Å². The maximum absolute atomic E-state index is 14.3. The third-order valence-corrected chi connectivity index (χ3v) is 8.14. The van der Waals surface area contributed by atoms with E-state index < -0.39 is 78.5 Å². The largest absolute Gasteiger partial charge is 0.487 e. The Kier molecular flexibility index (Phi) is 15.8. The Bertz CT molecular complexity index is 1670. The van der Waals surface area contributed by atoms with Crippen molar-refractivity contribution in [2.45, 2.75) is 131 Å². The maximum Gasteiger partial charge on any atom is 0.460 e. The molecule has 0 aliphatic carbocycles. The van der Waals surface area contributed by atoms with E-state index in [9.17, 15) is 101 Å². The van der Waals surface area contributed by atoms with Crippen molar-refractivity contribution in [3.8, 4) is 17.1 Å². The zero-order valence-electron chi connectivity index (χ0n) is 29.8. The minimum absolute atomic E-state index is 0.0113. The molecule has 5 nitrogen and oxygen atoms in total. The molecule has 0 bridgehead atoms. The number of hydrogen-bond acceptors (Lipinski definition) is 5. The summed E-state index contributed by atoms with van der Waals surface area (Å²) in [4.78, 5) is 8.16. The first-order chi connectivity index (χ1) is 26.9. The molecule has 0 saturated heterocycles. The number of benzene rings is 1. The minimum atomic E-state index is -8.82. The summed E-state index contributed by atoms with van der Waals surface area (Å²) in [7, 11) is 0. The second-order valence-corrected chi connectivity index (χ2v) is 12.8. The van der Waals surface area contributed by atoms with Crippen LogP contribution in [0.3, 0.4) is 0 Å². The summed E-state index contributed by atoms with van der Waals surface area (Å²) in [6.45, 7) is -0.924. The molecule has 0 N–H and O–H groups in total. The molecule has 0 saturated carbocycles. The van der Waals surface area contributed by atoms with Crippen LogP contribution in [0, 0.1) is 0 Å². The van der Waals surface area contributed by atoms with Crippen LogP contribution in [0.25, 0.3) is 11.4 Å². The summed E-state index contributed by atoms with van der Waals surface area (Å²) in [5, 5.41) is 0. The van der Waals surface area contributed by atoms with E-state index >= 15 is 0 Å². The molecular weight excluding hydrogens is 897 g/mol. The second kappa shape index (κ2) is 18.0. The van der Waals surface area contributed by atoms with Gasteiger partial charge in [0.25, 0.3) is 0 Å². The lowest BCUT2D eigenvalue weighted by Crippen LogP contribution is -2.69. The smallest absolute Gasteiger partial charge is 0.460 e. The second-order valence-electron chi connectivity index (χ2n) is 12.8. The molecule has 346 valence electrons. The number of rotatable bonds is 24. The Morgan fingerprint density at radius 1 is 0.450 bits per heavy atom. The van der Waals surface area contributed by atoms with Crippen molar-refractivity contribution in [2.75, 3.05) is 6.61 Å². The van der Waals surface area contributed by atoms with Crippen molar-refractivity contribution < 1.29 is 115 Å². The number of halogens is 23. The van der Waals surface area contributed by atoms with E-state index in [4.69, 9.17) is 0 Å². The Morgan fingerprint density at radius 2 is 0.817 bits per heavy atom. The molecule has 0 aliphatic heterocycles. The van der Waals surface area contributed by atoms with Crippen LogP contribution in [-0.4, -0.2) is 82.7 Å². The predicted molar refractivity (Wildman–Crippen MR) is 157 cm³/mol. The van der Waals surface area contributed by atoms with Crippen molar-refractivity contribution >= 4 is 0 Å². The monoisotopic (exact) mass is 926 g/mol. The highest BCUT2D eigenvalue weighted by molar-refractivity contribution is 5.55. The molecule has 0 unspecified atom stereocenters. The molecule has 0 fully saturated rings. The molecule has 1 aromatic carbocycles. The van der Waals surface area contributed by atoms with Gasteiger partial charge in [0.2, 0.25) is 0 Å². The molecule has 60 heavy (non-hydrogen) atoms. The van der Waals surface area contributed by atoms with Crippen molar-refractivity contribution in [1.29, 1.82) is 0 Å². The number of alkyl halides is 23. The van der Waals surface area contributed by atoms with Crippen molar-refractivity contribution in [3.63, 3.8) is 0 Å². The van der Waals surface area contributed by atoms with Gasteiger partial charge in [-0.15, -0.1) is 0 Å². The Labute approximate surface area is 322 Å². The number of unbranched alkanes of at least 4 members (excludes halogenated alkanes) is 7. The lowest BCUT2D eigenvalue weighted by Gasteiger charge is -2.40. The van der Waals surface area contributed by atoms with E-state index in [2.05, 4.69) is 21.6 Å². The fourth-order valence-corrected chi connectivity index (χ4v) is 4.58. The summed E-state index contributed by atoms with van der Waals surface area (Å²) >= 11 is 0. The molecule has 0 amide bonds. The van der Waals surface area contributed by atoms with Crippen LogP contribution in [0.1, 0.15) is 63.9 Å². The molecule has 2 rings (SSSR count). The average molecular weight is 927 g/mol. The SMILES string of the molecule is CCCCCCCCCCc1cnc(-c2ccc(OCC(F)(F)C(F)(F)C(F)(F)OC(F)(F)C(F)(F)C(F)(F)C(F)(F)OC(F)(F)C(F)(F)C(F)(F)C(F)(F)F)cc2)nc1. The molecule has 0 spiro atoms.